The summed E-state index contributed by atoms with van der Waals surface area (Å²) in [7, 11) is -2.99. The largest absolute Gasteiger partial charge is 0.508 e. The van der Waals surface area contributed by atoms with Crippen molar-refractivity contribution in [3.05, 3.63) is 47.9 Å². The van der Waals surface area contributed by atoms with Crippen LogP contribution in [0.1, 0.15) is 25.7 Å². The smallest absolute Gasteiger partial charge is 0.319 e. The lowest BCUT2D eigenvalue weighted by molar-refractivity contribution is 0.160. The van der Waals surface area contributed by atoms with Crippen LogP contribution in [0.4, 0.5) is 19.0 Å². The van der Waals surface area contributed by atoms with Crippen molar-refractivity contribution >= 4 is 37.3 Å². The number of nitrogens with one attached hydrogen (secondary N) is 1. The van der Waals surface area contributed by atoms with Crippen molar-refractivity contribution in [1.82, 2.24) is 25.2 Å². The van der Waals surface area contributed by atoms with E-state index < -0.39 is 27.3 Å². The van der Waals surface area contributed by atoms with Crippen LogP contribution in [-0.2, 0) is 9.84 Å². The summed E-state index contributed by atoms with van der Waals surface area (Å²) in [4.78, 5) is 17.9. The molecular weight excluding hydrogens is 621 g/mol. The van der Waals surface area contributed by atoms with Crippen LogP contribution in [0.25, 0.3) is 32.9 Å². The summed E-state index contributed by atoms with van der Waals surface area (Å²) in [5.74, 6) is -2.61. The normalized spacial score (nSPS) is 23.7. The molecule has 2 N–H and O–H groups in total. The summed E-state index contributed by atoms with van der Waals surface area (Å²) in [6.07, 6.45) is 5.31. The molecule has 8 rings (SSSR count). The first-order chi connectivity index (χ1) is 22.1. The first-order valence-electron chi connectivity index (χ1n) is 15.6. The van der Waals surface area contributed by atoms with E-state index in [1.165, 1.54) is 18.3 Å². The highest BCUT2D eigenvalue weighted by Gasteiger charge is 2.46. The molecule has 5 heterocycles. The Morgan fingerprint density at radius 2 is 1.76 bits per heavy atom. The molecule has 3 saturated heterocycles. The second-order valence-corrected chi connectivity index (χ2v) is 15.5. The van der Waals surface area contributed by atoms with Crippen LogP contribution in [0.15, 0.2) is 30.5 Å². The highest BCUT2D eigenvalue weighted by atomic mass is 32.2. The summed E-state index contributed by atoms with van der Waals surface area (Å²) < 4.78 is 76.0. The number of piperazine rings is 1. The lowest BCUT2D eigenvalue weighted by Crippen LogP contribution is -2.51. The molecule has 4 aliphatic rings. The maximum Gasteiger partial charge on any atom is 0.319 e. The fourth-order valence-corrected chi connectivity index (χ4v) is 8.45. The Bertz CT molecular complexity index is 1970. The summed E-state index contributed by atoms with van der Waals surface area (Å²) in [6.45, 7) is 3.28. The minimum absolute atomic E-state index is 0.00471. The van der Waals surface area contributed by atoms with E-state index >= 15 is 8.78 Å². The number of benzene rings is 2. The zero-order chi connectivity index (χ0) is 31.8. The van der Waals surface area contributed by atoms with Crippen molar-refractivity contribution in [2.75, 3.05) is 55.7 Å². The number of phenols is 1. The third kappa shape index (κ3) is 5.39. The molecule has 242 valence electrons. The second-order valence-electron chi connectivity index (χ2n) is 13.2. The van der Waals surface area contributed by atoms with Crippen molar-refractivity contribution in [2.45, 2.75) is 37.8 Å². The van der Waals surface area contributed by atoms with Crippen LogP contribution in [0.2, 0.25) is 0 Å². The SMILES string of the molecule is O=S1(=O)CCN(CC2(COc3nc(N4C[C@H]5CC[C@@H](C4)N5)c4cnc(-c5cc(O)cc6ccc(F)c(F)c56)c(F)c4n3)CC2)CC1. The molecule has 14 heteroatoms. The molecule has 10 nitrogen and oxygen atoms in total. The standard InChI is InChI=1S/C32H33F3N6O4S/c33-24-4-1-18-11-21(42)12-22(25(18)26(24)34)28-27(35)29-23(13-36-28)30(41-14-19-2-3-20(15-41)37-19)39-31(38-29)45-17-32(5-6-32)16-40-7-9-46(43,44)10-8-40/h1,4,11-13,19-20,37,42H,2-3,5-10,14-17H2/t19-,20+. The number of sulfone groups is 1. The van der Waals surface area contributed by atoms with Gasteiger partial charge in [0.1, 0.15) is 22.8 Å². The van der Waals surface area contributed by atoms with Crippen molar-refractivity contribution in [3.8, 4) is 23.0 Å². The van der Waals surface area contributed by atoms with Crippen LogP contribution < -0.4 is 15.0 Å². The van der Waals surface area contributed by atoms with E-state index in [0.29, 0.717) is 43.9 Å². The molecule has 2 atom stereocenters. The number of hydrogen-bond acceptors (Lipinski definition) is 10. The molecule has 3 aliphatic heterocycles. The van der Waals surface area contributed by atoms with Crippen molar-refractivity contribution in [2.24, 2.45) is 5.41 Å². The number of ether oxygens (including phenoxy) is 1. The third-order valence-electron chi connectivity index (χ3n) is 9.87. The Morgan fingerprint density at radius 1 is 1.02 bits per heavy atom. The van der Waals surface area contributed by atoms with Gasteiger partial charge < -0.3 is 25.0 Å². The summed E-state index contributed by atoms with van der Waals surface area (Å²) in [5, 5.41) is 14.3. The molecule has 0 amide bonds. The van der Waals surface area contributed by atoms with Gasteiger partial charge in [0.05, 0.1) is 23.5 Å². The number of rotatable bonds is 7. The molecule has 46 heavy (non-hydrogen) atoms. The molecule has 1 saturated carbocycles. The Kier molecular flexibility index (Phi) is 7.03. The predicted octanol–water partition coefficient (Wildman–Crippen LogP) is 3.80. The van der Waals surface area contributed by atoms with Crippen molar-refractivity contribution < 1.29 is 31.4 Å². The number of fused-ring (bicyclic) bond motifs is 4. The molecule has 0 unspecified atom stereocenters. The zero-order valence-corrected chi connectivity index (χ0v) is 25.8. The number of hydrogen-bond donors (Lipinski definition) is 2. The number of nitrogens with zero attached hydrogens (tertiary/aromatic N) is 5. The van der Waals surface area contributed by atoms with Crippen LogP contribution in [0.3, 0.4) is 0 Å². The van der Waals surface area contributed by atoms with Gasteiger partial charge in [-0.25, -0.2) is 21.6 Å². The number of halogens is 3. The Labute approximate surface area is 263 Å². The average molecular weight is 655 g/mol. The molecule has 2 aromatic carbocycles. The van der Waals surface area contributed by atoms with Gasteiger partial charge in [-0.05, 0) is 49.3 Å². The van der Waals surface area contributed by atoms with Crippen LogP contribution in [-0.4, -0.2) is 96.3 Å². The number of pyridine rings is 1. The lowest BCUT2D eigenvalue weighted by atomic mass is 9.99. The van der Waals surface area contributed by atoms with Gasteiger partial charge in [0, 0.05) is 67.4 Å². The van der Waals surface area contributed by atoms with Gasteiger partial charge in [-0.3, -0.25) is 4.98 Å². The minimum Gasteiger partial charge on any atom is -0.508 e. The summed E-state index contributed by atoms with van der Waals surface area (Å²) in [6, 6.07) is 5.25. The Hall–Kier alpha value is -3.75. The highest BCUT2D eigenvalue weighted by molar-refractivity contribution is 7.91. The van der Waals surface area contributed by atoms with Crippen LogP contribution in [0.5, 0.6) is 11.8 Å². The lowest BCUT2D eigenvalue weighted by Gasteiger charge is -2.34. The number of phenolic OH excluding ortho intramolecular Hbond substituents is 1. The topological polar surface area (TPSA) is 121 Å². The molecule has 2 bridgehead atoms. The summed E-state index contributed by atoms with van der Waals surface area (Å²) >= 11 is 0. The summed E-state index contributed by atoms with van der Waals surface area (Å²) in [5.41, 5.74) is -0.629. The van der Waals surface area contributed by atoms with Gasteiger partial charge in [0.15, 0.2) is 27.3 Å². The van der Waals surface area contributed by atoms with E-state index in [2.05, 4.69) is 25.1 Å². The zero-order valence-electron chi connectivity index (χ0n) is 25.0. The van der Waals surface area contributed by atoms with Gasteiger partial charge >= 0.3 is 6.01 Å². The second kappa shape index (κ2) is 10.9. The molecular formula is C32H33F3N6O4S. The maximum absolute atomic E-state index is 16.6. The maximum atomic E-state index is 16.6. The highest BCUT2D eigenvalue weighted by Crippen LogP contribution is 2.47. The first-order valence-corrected chi connectivity index (χ1v) is 17.4. The third-order valence-corrected chi connectivity index (χ3v) is 11.5. The molecule has 1 aliphatic carbocycles. The van der Waals surface area contributed by atoms with Crippen molar-refractivity contribution in [1.29, 1.82) is 0 Å². The van der Waals surface area contributed by atoms with E-state index in [0.717, 1.165) is 37.8 Å². The average Bonchev–Trinajstić information content (AvgIpc) is 3.72. The van der Waals surface area contributed by atoms with E-state index in [4.69, 9.17) is 9.72 Å². The first kappa shape index (κ1) is 29.6. The van der Waals surface area contributed by atoms with E-state index in [1.807, 2.05) is 0 Å². The van der Waals surface area contributed by atoms with Gasteiger partial charge in [-0.2, -0.15) is 9.97 Å². The molecule has 4 aromatic rings. The fraction of sp³-hybridized carbons (Fsp3) is 0.469. The van der Waals surface area contributed by atoms with Gasteiger partial charge in [0.2, 0.25) is 0 Å². The molecule has 2 aromatic heterocycles. The quantitative estimate of drug-likeness (QED) is 0.305. The van der Waals surface area contributed by atoms with Crippen LogP contribution in [0, 0.1) is 22.9 Å². The number of anilines is 1. The van der Waals surface area contributed by atoms with E-state index in [-0.39, 0.29) is 74.9 Å². The predicted molar refractivity (Wildman–Crippen MR) is 166 cm³/mol. The molecule has 4 fully saturated rings. The Morgan fingerprint density at radius 3 is 2.48 bits per heavy atom. The number of aromatic nitrogens is 3. The fourth-order valence-electron chi connectivity index (χ4n) is 7.18. The molecule has 0 spiro atoms. The minimum atomic E-state index is -2.99. The van der Waals surface area contributed by atoms with Gasteiger partial charge in [-0.1, -0.05) is 6.07 Å². The van der Waals surface area contributed by atoms with E-state index in [1.54, 1.807) is 0 Å². The Balaban J connectivity index is 1.18. The van der Waals surface area contributed by atoms with Gasteiger partial charge in [-0.15, -0.1) is 0 Å². The van der Waals surface area contributed by atoms with Crippen LogP contribution >= 0.6 is 0 Å². The number of aromatic hydroxyl groups is 1. The monoisotopic (exact) mass is 654 g/mol. The van der Waals surface area contributed by atoms with Gasteiger partial charge in [0.25, 0.3) is 0 Å². The van der Waals surface area contributed by atoms with Crippen molar-refractivity contribution in [3.63, 3.8) is 0 Å². The van der Waals surface area contributed by atoms with E-state index in [9.17, 15) is 17.9 Å². The molecule has 0 radical (unpaired) electrons.